The molecule has 0 spiro atoms. The quantitative estimate of drug-likeness (QED) is 0.769. The van der Waals surface area contributed by atoms with E-state index in [1.807, 2.05) is 13.1 Å². The molecule has 6 heteroatoms. The molecule has 0 aliphatic carbocycles. The Kier molecular flexibility index (Phi) is 4.87. The monoisotopic (exact) mass is 399 g/mol. The van der Waals surface area contributed by atoms with E-state index in [1.54, 1.807) is 12.1 Å². The Labute approximate surface area is 137 Å². The molecule has 0 aliphatic heterocycles. The lowest BCUT2D eigenvalue weighted by atomic mass is 10.1. The molecule has 1 aromatic carbocycles. The zero-order valence-electron chi connectivity index (χ0n) is 12.4. The number of aromatic hydroxyl groups is 1. The van der Waals surface area contributed by atoms with Crippen molar-refractivity contribution in [1.29, 1.82) is 0 Å². The Morgan fingerprint density at radius 2 is 2.00 bits per heavy atom. The third kappa shape index (κ3) is 3.20. The summed E-state index contributed by atoms with van der Waals surface area (Å²) in [6, 6.07) is 5.16. The van der Waals surface area contributed by atoms with Gasteiger partial charge in [0.05, 0.1) is 16.4 Å². The first-order valence-corrected chi connectivity index (χ1v) is 7.68. The smallest absolute Gasteiger partial charge is 0.161 e. The molecule has 0 unspecified atom stereocenters. The minimum atomic E-state index is 0.0780. The summed E-state index contributed by atoms with van der Waals surface area (Å²) in [5.41, 5.74) is 1.74. The van der Waals surface area contributed by atoms with Crippen LogP contribution in [0.5, 0.6) is 11.5 Å². The highest BCUT2D eigenvalue weighted by Crippen LogP contribution is 2.32. The zero-order chi connectivity index (χ0) is 15.6. The van der Waals surface area contributed by atoms with Gasteiger partial charge in [0.25, 0.3) is 0 Å². The molecule has 0 saturated carbocycles. The van der Waals surface area contributed by atoms with Crippen molar-refractivity contribution >= 4 is 28.4 Å². The molecule has 0 atom stereocenters. The number of halogens is 1. The number of anilines is 1. The van der Waals surface area contributed by atoms with Crippen molar-refractivity contribution < 1.29 is 9.84 Å². The lowest BCUT2D eigenvalue weighted by molar-refractivity contribution is 0.373. The van der Waals surface area contributed by atoms with Crippen molar-refractivity contribution in [3.63, 3.8) is 0 Å². The van der Waals surface area contributed by atoms with Gasteiger partial charge in [-0.25, -0.2) is 9.97 Å². The number of methoxy groups -OCH3 is 1. The first kappa shape index (κ1) is 15.8. The van der Waals surface area contributed by atoms with Gasteiger partial charge in [0.15, 0.2) is 17.3 Å². The van der Waals surface area contributed by atoms with E-state index in [2.05, 4.69) is 51.7 Å². The summed E-state index contributed by atoms with van der Waals surface area (Å²) in [6.45, 7) is 4.19. The summed E-state index contributed by atoms with van der Waals surface area (Å²) >= 11 is 2.25. The standard InChI is InChI=1S/C15H18IN3O2/c1-8(2)13-12(16)15(17-3)19-14(18-13)9-5-6-11(21-4)10(20)7-9/h5-8,20H,1-4H3,(H,17,18,19). The van der Waals surface area contributed by atoms with Gasteiger partial charge in [-0.1, -0.05) is 13.8 Å². The predicted octanol–water partition coefficient (Wildman–Crippen LogP) is 3.63. The first-order valence-electron chi connectivity index (χ1n) is 6.60. The van der Waals surface area contributed by atoms with Gasteiger partial charge >= 0.3 is 0 Å². The summed E-state index contributed by atoms with van der Waals surface area (Å²) < 4.78 is 6.08. The molecule has 5 nitrogen and oxygen atoms in total. The van der Waals surface area contributed by atoms with Gasteiger partial charge in [-0.15, -0.1) is 0 Å². The van der Waals surface area contributed by atoms with Crippen molar-refractivity contribution in [2.45, 2.75) is 19.8 Å². The second kappa shape index (κ2) is 6.46. The number of phenolic OH excluding ortho intramolecular Hbond substituents is 1. The van der Waals surface area contributed by atoms with E-state index < -0.39 is 0 Å². The number of benzene rings is 1. The van der Waals surface area contributed by atoms with Crippen LogP contribution in [0.25, 0.3) is 11.4 Å². The molecular weight excluding hydrogens is 381 g/mol. The maximum atomic E-state index is 9.91. The van der Waals surface area contributed by atoms with Crippen LogP contribution in [0.1, 0.15) is 25.5 Å². The van der Waals surface area contributed by atoms with Gasteiger partial charge in [-0.3, -0.25) is 0 Å². The molecule has 1 aromatic heterocycles. The molecule has 0 bridgehead atoms. The van der Waals surface area contributed by atoms with Crippen LogP contribution in [-0.4, -0.2) is 29.2 Å². The zero-order valence-corrected chi connectivity index (χ0v) is 14.6. The second-order valence-corrected chi connectivity index (χ2v) is 5.97. The number of aromatic nitrogens is 2. The topological polar surface area (TPSA) is 67.3 Å². The second-order valence-electron chi connectivity index (χ2n) is 4.89. The van der Waals surface area contributed by atoms with E-state index in [0.717, 1.165) is 20.6 Å². The number of phenols is 1. The fourth-order valence-electron chi connectivity index (χ4n) is 1.97. The van der Waals surface area contributed by atoms with Gasteiger partial charge in [0.1, 0.15) is 5.82 Å². The average Bonchev–Trinajstić information content (AvgIpc) is 2.47. The summed E-state index contributed by atoms with van der Waals surface area (Å²) in [5.74, 6) is 2.18. The van der Waals surface area contributed by atoms with E-state index in [1.165, 1.54) is 7.11 Å². The van der Waals surface area contributed by atoms with Crippen LogP contribution in [0, 0.1) is 3.57 Å². The highest BCUT2D eigenvalue weighted by molar-refractivity contribution is 14.1. The van der Waals surface area contributed by atoms with Crippen LogP contribution in [-0.2, 0) is 0 Å². The van der Waals surface area contributed by atoms with Crippen LogP contribution in [0.2, 0.25) is 0 Å². The Bertz CT molecular complexity index is 660. The maximum absolute atomic E-state index is 9.91. The Balaban J connectivity index is 2.58. The Hall–Kier alpha value is -1.57. The summed E-state index contributed by atoms with van der Waals surface area (Å²) in [5, 5.41) is 13.0. The minimum absolute atomic E-state index is 0.0780. The molecule has 0 radical (unpaired) electrons. The number of nitrogens with one attached hydrogen (secondary N) is 1. The minimum Gasteiger partial charge on any atom is -0.504 e. The summed E-state index contributed by atoms with van der Waals surface area (Å²) in [4.78, 5) is 9.16. The first-order chi connectivity index (χ1) is 9.97. The van der Waals surface area contributed by atoms with Gasteiger partial charge in [-0.2, -0.15) is 0 Å². The third-order valence-corrected chi connectivity index (χ3v) is 4.16. The molecule has 0 saturated heterocycles. The number of hydrogen-bond acceptors (Lipinski definition) is 5. The molecule has 2 aromatic rings. The van der Waals surface area contributed by atoms with Crippen LogP contribution in [0.4, 0.5) is 5.82 Å². The van der Waals surface area contributed by atoms with E-state index in [9.17, 15) is 5.11 Å². The van der Waals surface area contributed by atoms with Gasteiger partial charge < -0.3 is 15.2 Å². The van der Waals surface area contributed by atoms with Crippen LogP contribution >= 0.6 is 22.6 Å². The highest BCUT2D eigenvalue weighted by atomic mass is 127. The normalized spacial score (nSPS) is 10.8. The van der Waals surface area contributed by atoms with Crippen molar-refractivity contribution in [3.8, 4) is 22.9 Å². The van der Waals surface area contributed by atoms with E-state index in [0.29, 0.717) is 11.6 Å². The Morgan fingerprint density at radius 3 is 2.52 bits per heavy atom. The van der Waals surface area contributed by atoms with Gasteiger partial charge in [0, 0.05) is 12.6 Å². The van der Waals surface area contributed by atoms with Crippen molar-refractivity contribution in [2.24, 2.45) is 0 Å². The number of hydrogen-bond donors (Lipinski definition) is 2. The van der Waals surface area contributed by atoms with E-state index in [-0.39, 0.29) is 11.7 Å². The molecule has 0 fully saturated rings. The van der Waals surface area contributed by atoms with E-state index >= 15 is 0 Å². The Morgan fingerprint density at radius 1 is 1.29 bits per heavy atom. The largest absolute Gasteiger partial charge is 0.504 e. The van der Waals surface area contributed by atoms with Crippen molar-refractivity contribution in [2.75, 3.05) is 19.5 Å². The van der Waals surface area contributed by atoms with Crippen LogP contribution < -0.4 is 10.1 Å². The average molecular weight is 399 g/mol. The van der Waals surface area contributed by atoms with Gasteiger partial charge in [0.2, 0.25) is 0 Å². The highest BCUT2D eigenvalue weighted by Gasteiger charge is 2.16. The van der Waals surface area contributed by atoms with Crippen LogP contribution in [0.3, 0.4) is 0 Å². The summed E-state index contributed by atoms with van der Waals surface area (Å²) in [6.07, 6.45) is 0. The third-order valence-electron chi connectivity index (χ3n) is 3.10. The lowest BCUT2D eigenvalue weighted by Crippen LogP contribution is -2.06. The molecule has 112 valence electrons. The number of rotatable bonds is 4. The number of ether oxygens (including phenoxy) is 1. The van der Waals surface area contributed by atoms with Gasteiger partial charge in [-0.05, 0) is 46.7 Å². The number of nitrogens with zero attached hydrogens (tertiary/aromatic N) is 2. The lowest BCUT2D eigenvalue weighted by Gasteiger charge is -2.14. The molecule has 2 rings (SSSR count). The SMILES string of the molecule is CNc1nc(-c2ccc(OC)c(O)c2)nc(C(C)C)c1I. The molecule has 2 N–H and O–H groups in total. The van der Waals surface area contributed by atoms with Crippen molar-refractivity contribution in [3.05, 3.63) is 27.5 Å². The molecule has 0 aliphatic rings. The molecule has 0 amide bonds. The van der Waals surface area contributed by atoms with Crippen LogP contribution in [0.15, 0.2) is 18.2 Å². The molecular formula is C15H18IN3O2. The summed E-state index contributed by atoms with van der Waals surface area (Å²) in [7, 11) is 3.36. The predicted molar refractivity (Wildman–Crippen MR) is 92.0 cm³/mol. The molecule has 21 heavy (non-hydrogen) atoms. The molecule has 1 heterocycles. The fourth-order valence-corrected chi connectivity index (χ4v) is 3.10. The van der Waals surface area contributed by atoms with E-state index in [4.69, 9.17) is 4.74 Å². The maximum Gasteiger partial charge on any atom is 0.161 e. The van der Waals surface area contributed by atoms with Crippen molar-refractivity contribution in [1.82, 2.24) is 9.97 Å². The fraction of sp³-hybridized carbons (Fsp3) is 0.333.